The van der Waals surface area contributed by atoms with Crippen molar-refractivity contribution in [3.8, 4) is 0 Å². The van der Waals surface area contributed by atoms with Crippen molar-refractivity contribution >= 4 is 13.4 Å². The van der Waals surface area contributed by atoms with Crippen molar-refractivity contribution in [2.75, 3.05) is 25.3 Å². The van der Waals surface area contributed by atoms with Crippen LogP contribution in [0.4, 0.5) is 5.82 Å². The van der Waals surface area contributed by atoms with Gasteiger partial charge in [0.05, 0.1) is 13.2 Å². The molecule has 1 aliphatic rings. The molecule has 1 fully saturated rings. The Morgan fingerprint density at radius 3 is 2.70 bits per heavy atom. The second-order valence-electron chi connectivity index (χ2n) is 4.88. The summed E-state index contributed by atoms with van der Waals surface area (Å²) < 4.78 is 35.1. The van der Waals surface area contributed by atoms with Gasteiger partial charge in [-0.1, -0.05) is 0 Å². The van der Waals surface area contributed by atoms with Gasteiger partial charge in [0.2, 0.25) is 0 Å². The van der Waals surface area contributed by atoms with Gasteiger partial charge >= 0.3 is 13.3 Å². The maximum atomic E-state index is 12.3. The van der Waals surface area contributed by atoms with E-state index in [2.05, 4.69) is 4.98 Å². The van der Waals surface area contributed by atoms with Gasteiger partial charge in [0.15, 0.2) is 12.6 Å². The molecular formula is C13H22N3O6P. The molecule has 10 heteroatoms. The molecule has 2 rings (SSSR count). The van der Waals surface area contributed by atoms with E-state index in [1.54, 1.807) is 13.8 Å². The maximum absolute atomic E-state index is 12.3. The van der Waals surface area contributed by atoms with Crippen LogP contribution in [0.3, 0.4) is 0 Å². The third-order valence-electron chi connectivity index (χ3n) is 3.19. The topological polar surface area (TPSA) is 115 Å². The van der Waals surface area contributed by atoms with Crippen LogP contribution < -0.4 is 11.4 Å². The predicted molar refractivity (Wildman–Crippen MR) is 82.9 cm³/mol. The van der Waals surface area contributed by atoms with E-state index in [9.17, 15) is 9.36 Å². The van der Waals surface area contributed by atoms with Crippen molar-refractivity contribution in [1.29, 1.82) is 0 Å². The van der Waals surface area contributed by atoms with E-state index >= 15 is 0 Å². The molecule has 1 saturated heterocycles. The Balaban J connectivity index is 1.92. The maximum Gasteiger partial charge on any atom is 0.356 e. The predicted octanol–water partition coefficient (Wildman–Crippen LogP) is 1.70. The highest BCUT2D eigenvalue weighted by atomic mass is 31.2. The third-order valence-corrected chi connectivity index (χ3v) is 4.96. The van der Waals surface area contributed by atoms with Gasteiger partial charge in [0.25, 0.3) is 0 Å². The van der Waals surface area contributed by atoms with Crippen molar-refractivity contribution in [2.45, 2.75) is 39.2 Å². The van der Waals surface area contributed by atoms with Crippen molar-refractivity contribution in [3.63, 3.8) is 0 Å². The number of rotatable bonds is 8. The summed E-state index contributed by atoms with van der Waals surface area (Å²) in [4.78, 5) is 15.4. The van der Waals surface area contributed by atoms with E-state index in [0.29, 0.717) is 12.8 Å². The molecule has 1 aromatic heterocycles. The minimum Gasteiger partial charge on any atom is -0.383 e. The van der Waals surface area contributed by atoms with Crippen molar-refractivity contribution in [3.05, 3.63) is 22.7 Å². The highest BCUT2D eigenvalue weighted by Gasteiger charge is 2.32. The van der Waals surface area contributed by atoms with Crippen LogP contribution in [0, 0.1) is 0 Å². The van der Waals surface area contributed by atoms with Crippen LogP contribution in [-0.2, 0) is 23.1 Å². The average Bonchev–Trinajstić information content (AvgIpc) is 2.94. The molecule has 0 amide bonds. The number of nitrogen functional groups attached to an aromatic ring is 1. The number of aromatic nitrogens is 2. The molecule has 0 aliphatic carbocycles. The fraction of sp³-hybridized carbons (Fsp3) is 0.692. The molecule has 0 spiro atoms. The summed E-state index contributed by atoms with van der Waals surface area (Å²) in [6.07, 6.45) is 1.39. The average molecular weight is 347 g/mol. The molecule has 1 aromatic rings. The summed E-state index contributed by atoms with van der Waals surface area (Å²) in [5.74, 6) is 0.159. The first-order valence-corrected chi connectivity index (χ1v) is 9.20. The van der Waals surface area contributed by atoms with Crippen LogP contribution in [0.25, 0.3) is 0 Å². The van der Waals surface area contributed by atoms with E-state index in [1.807, 2.05) is 0 Å². The van der Waals surface area contributed by atoms with Crippen LogP contribution in [0.5, 0.6) is 0 Å². The van der Waals surface area contributed by atoms with Gasteiger partial charge in [-0.3, -0.25) is 9.13 Å². The van der Waals surface area contributed by atoms with Gasteiger partial charge in [-0.25, -0.2) is 4.79 Å². The largest absolute Gasteiger partial charge is 0.383 e. The minimum atomic E-state index is -3.28. The van der Waals surface area contributed by atoms with E-state index in [1.165, 1.54) is 16.8 Å². The third kappa shape index (κ3) is 4.86. The Morgan fingerprint density at radius 2 is 2.09 bits per heavy atom. The zero-order valence-electron chi connectivity index (χ0n) is 13.2. The zero-order valence-corrected chi connectivity index (χ0v) is 14.1. The molecule has 2 heterocycles. The zero-order chi connectivity index (χ0) is 16.9. The number of hydrogen-bond acceptors (Lipinski definition) is 8. The van der Waals surface area contributed by atoms with Gasteiger partial charge in [-0.2, -0.15) is 4.98 Å². The highest BCUT2D eigenvalue weighted by molar-refractivity contribution is 7.53. The minimum absolute atomic E-state index is 0.159. The summed E-state index contributed by atoms with van der Waals surface area (Å²) >= 11 is 0. The number of nitrogens with two attached hydrogens (primary N) is 1. The quantitative estimate of drug-likeness (QED) is 0.707. The van der Waals surface area contributed by atoms with Crippen LogP contribution >= 0.6 is 7.60 Å². The summed E-state index contributed by atoms with van der Waals surface area (Å²) in [6, 6.07) is 1.53. The Hall–Kier alpha value is -1.25. The van der Waals surface area contributed by atoms with E-state index < -0.39 is 25.8 Å². The highest BCUT2D eigenvalue weighted by Crippen LogP contribution is 2.48. The summed E-state index contributed by atoms with van der Waals surface area (Å²) in [7, 11) is -3.28. The second-order valence-corrected chi connectivity index (χ2v) is 6.88. The fourth-order valence-electron chi connectivity index (χ4n) is 2.24. The monoisotopic (exact) mass is 347 g/mol. The first-order chi connectivity index (χ1) is 11.0. The molecular weight excluding hydrogens is 325 g/mol. The molecule has 130 valence electrons. The molecule has 2 atom stereocenters. The lowest BCUT2D eigenvalue weighted by Gasteiger charge is -2.20. The van der Waals surface area contributed by atoms with E-state index in [-0.39, 0.29) is 25.4 Å². The van der Waals surface area contributed by atoms with Crippen molar-refractivity contribution in [1.82, 2.24) is 9.55 Å². The Kier molecular flexibility index (Phi) is 6.32. The number of ether oxygens (including phenoxy) is 2. The lowest BCUT2D eigenvalue weighted by Crippen LogP contribution is -2.27. The number of hydrogen-bond donors (Lipinski definition) is 1. The molecule has 0 saturated carbocycles. The fourth-order valence-corrected chi connectivity index (χ4v) is 3.60. The van der Waals surface area contributed by atoms with E-state index in [4.69, 9.17) is 24.3 Å². The lowest BCUT2D eigenvalue weighted by atomic mass is 10.3. The molecule has 9 nitrogen and oxygen atoms in total. The SMILES string of the molecule is CCOP(=O)(CO[C@@H]1CC[C@H](n2ccc(N)nc2=O)O1)OCC. The molecule has 2 N–H and O–H groups in total. The van der Waals surface area contributed by atoms with Gasteiger partial charge in [0, 0.05) is 12.6 Å². The van der Waals surface area contributed by atoms with Gasteiger partial charge in [-0.15, -0.1) is 0 Å². The molecule has 0 bridgehead atoms. The number of anilines is 1. The summed E-state index contributed by atoms with van der Waals surface area (Å²) in [6.45, 7) is 3.99. The Labute approximate surface area is 134 Å². The van der Waals surface area contributed by atoms with Crippen LogP contribution in [0.2, 0.25) is 0 Å². The lowest BCUT2D eigenvalue weighted by molar-refractivity contribution is -0.142. The first kappa shape index (κ1) is 18.1. The molecule has 0 aromatic carbocycles. The molecule has 0 radical (unpaired) electrons. The smallest absolute Gasteiger partial charge is 0.356 e. The van der Waals surface area contributed by atoms with Crippen LogP contribution in [0.1, 0.15) is 32.9 Å². The van der Waals surface area contributed by atoms with Crippen molar-refractivity contribution < 1.29 is 23.1 Å². The summed E-state index contributed by atoms with van der Waals surface area (Å²) in [5.41, 5.74) is 4.98. The Morgan fingerprint density at radius 1 is 1.39 bits per heavy atom. The molecule has 23 heavy (non-hydrogen) atoms. The van der Waals surface area contributed by atoms with Gasteiger partial charge in [-0.05, 0) is 26.3 Å². The number of nitrogens with zero attached hydrogens (tertiary/aromatic N) is 2. The standard InChI is InChI=1S/C13H22N3O6P/c1-3-20-23(18,21-4-2)9-19-12-6-5-11(22-12)16-8-7-10(14)15-13(16)17/h7-8,11-12H,3-6,9H2,1-2H3,(H2,14,15,17)/t11-,12+/m1/s1. The normalized spacial score (nSPS) is 21.7. The van der Waals surface area contributed by atoms with Crippen LogP contribution in [-0.4, -0.2) is 35.4 Å². The Bertz CT molecular complexity index is 612. The van der Waals surface area contributed by atoms with Crippen molar-refractivity contribution in [2.24, 2.45) is 0 Å². The first-order valence-electron chi connectivity index (χ1n) is 7.47. The summed E-state index contributed by atoms with van der Waals surface area (Å²) in [5, 5.41) is 0. The second kappa shape index (κ2) is 8.03. The van der Waals surface area contributed by atoms with Crippen LogP contribution in [0.15, 0.2) is 17.1 Å². The molecule has 1 aliphatic heterocycles. The van der Waals surface area contributed by atoms with Gasteiger partial charge < -0.3 is 24.3 Å². The van der Waals surface area contributed by atoms with E-state index in [0.717, 1.165) is 0 Å². The van der Waals surface area contributed by atoms with Gasteiger partial charge in [0.1, 0.15) is 12.0 Å². The molecule has 0 unspecified atom stereocenters.